The number of amides is 1. The van der Waals surface area contributed by atoms with E-state index < -0.39 is 17.7 Å². The Bertz CT molecular complexity index is 1350. The lowest BCUT2D eigenvalue weighted by Crippen LogP contribution is -2.28. The third kappa shape index (κ3) is 4.03. The first-order valence-electron chi connectivity index (χ1n) is 9.92. The third-order valence-corrected chi connectivity index (χ3v) is 5.16. The van der Waals surface area contributed by atoms with Crippen molar-refractivity contribution < 1.29 is 24.2 Å². The van der Waals surface area contributed by atoms with Gasteiger partial charge >= 0.3 is 11.9 Å². The molecule has 1 heterocycles. The maximum Gasteiger partial charge on any atom is 0.337 e. The molecule has 0 spiro atoms. The second-order valence-electron chi connectivity index (χ2n) is 7.36. The molecule has 0 unspecified atom stereocenters. The van der Waals surface area contributed by atoms with Gasteiger partial charge in [-0.3, -0.25) is 10.2 Å². The highest BCUT2D eigenvalue weighted by atomic mass is 19.1. The zero-order chi connectivity index (χ0) is 23.7. The van der Waals surface area contributed by atoms with Crippen LogP contribution in [-0.4, -0.2) is 33.5 Å². The van der Waals surface area contributed by atoms with E-state index in [4.69, 9.17) is 0 Å². The number of phenols is 1. The van der Waals surface area contributed by atoms with Crippen LogP contribution >= 0.6 is 0 Å². The quantitative estimate of drug-likeness (QED) is 0.503. The van der Waals surface area contributed by atoms with Crippen molar-refractivity contribution in [2.45, 2.75) is 13.8 Å². The number of phenolic OH excluding ortho intramolecular Hbond substituents is 1. The Morgan fingerprint density at radius 3 is 2.48 bits per heavy atom. The Morgan fingerprint density at radius 2 is 1.79 bits per heavy atom. The van der Waals surface area contributed by atoms with Crippen molar-refractivity contribution >= 4 is 34.7 Å². The topological polar surface area (TPSA) is 115 Å². The summed E-state index contributed by atoms with van der Waals surface area (Å²) >= 11 is 0. The number of rotatable bonds is 5. The van der Waals surface area contributed by atoms with Crippen molar-refractivity contribution in [2.24, 2.45) is 10.2 Å². The van der Waals surface area contributed by atoms with Crippen LogP contribution < -0.4 is 10.4 Å². The number of aryl methyl sites for hydroxylation is 1. The van der Waals surface area contributed by atoms with Crippen LogP contribution in [-0.2, 0) is 4.79 Å². The molecule has 0 saturated heterocycles. The number of halogens is 1. The SMILES string of the molecule is CC1=NN(c2ccc(C)c(F)c2)C(=O)/C1=N\Nc1c(C(=O)O)cccc1-c1ccccc1O. The molecule has 0 bridgehead atoms. The second kappa shape index (κ2) is 8.54. The Labute approximate surface area is 188 Å². The lowest BCUT2D eigenvalue weighted by Gasteiger charge is -2.14. The fourth-order valence-electron chi connectivity index (χ4n) is 3.40. The number of hydrogen-bond donors (Lipinski definition) is 3. The summed E-state index contributed by atoms with van der Waals surface area (Å²) in [6, 6.07) is 15.3. The van der Waals surface area contributed by atoms with E-state index in [1.165, 1.54) is 24.3 Å². The summed E-state index contributed by atoms with van der Waals surface area (Å²) in [4.78, 5) is 24.7. The number of para-hydroxylation sites is 2. The molecule has 3 aromatic carbocycles. The Kier molecular flexibility index (Phi) is 5.61. The van der Waals surface area contributed by atoms with Gasteiger partial charge in [-0.15, -0.1) is 0 Å². The number of carboxylic acids is 1. The molecule has 1 aliphatic heterocycles. The molecule has 8 nitrogen and oxygen atoms in total. The van der Waals surface area contributed by atoms with Gasteiger partial charge in [0.15, 0.2) is 5.71 Å². The van der Waals surface area contributed by atoms with Crippen molar-refractivity contribution in [1.29, 1.82) is 0 Å². The van der Waals surface area contributed by atoms with Crippen molar-refractivity contribution in [1.82, 2.24) is 0 Å². The predicted octanol–water partition coefficient (Wildman–Crippen LogP) is 4.40. The third-order valence-electron chi connectivity index (χ3n) is 5.16. The highest BCUT2D eigenvalue weighted by Gasteiger charge is 2.31. The van der Waals surface area contributed by atoms with Crippen LogP contribution in [0.2, 0.25) is 0 Å². The molecule has 0 radical (unpaired) electrons. The predicted molar refractivity (Wildman–Crippen MR) is 123 cm³/mol. The average Bonchev–Trinajstić information content (AvgIpc) is 3.07. The molecule has 0 aromatic heterocycles. The summed E-state index contributed by atoms with van der Waals surface area (Å²) in [6.45, 7) is 3.17. The summed E-state index contributed by atoms with van der Waals surface area (Å²) in [7, 11) is 0. The summed E-state index contributed by atoms with van der Waals surface area (Å²) in [5.41, 5.74) is 4.34. The largest absolute Gasteiger partial charge is 0.507 e. The molecule has 0 aliphatic carbocycles. The highest BCUT2D eigenvalue weighted by molar-refractivity contribution is 6.71. The van der Waals surface area contributed by atoms with E-state index in [0.717, 1.165) is 5.01 Å². The lowest BCUT2D eigenvalue weighted by molar-refractivity contribution is -0.112. The van der Waals surface area contributed by atoms with E-state index in [1.807, 2.05) is 0 Å². The van der Waals surface area contributed by atoms with Crippen LogP contribution in [0.4, 0.5) is 15.8 Å². The zero-order valence-corrected chi connectivity index (χ0v) is 17.7. The van der Waals surface area contributed by atoms with E-state index in [9.17, 15) is 24.2 Å². The molecule has 9 heteroatoms. The first-order valence-corrected chi connectivity index (χ1v) is 9.92. The van der Waals surface area contributed by atoms with E-state index in [1.54, 1.807) is 50.2 Å². The minimum atomic E-state index is -1.21. The summed E-state index contributed by atoms with van der Waals surface area (Å²) in [5, 5.41) is 29.3. The normalized spacial score (nSPS) is 14.5. The van der Waals surface area contributed by atoms with Crippen LogP contribution in [0.3, 0.4) is 0 Å². The van der Waals surface area contributed by atoms with Gasteiger partial charge in [-0.2, -0.15) is 15.2 Å². The molecule has 33 heavy (non-hydrogen) atoms. The Balaban J connectivity index is 1.73. The summed E-state index contributed by atoms with van der Waals surface area (Å²) < 4.78 is 14.0. The molecule has 166 valence electrons. The number of aromatic hydroxyl groups is 1. The number of carbonyl (C=O) groups is 2. The van der Waals surface area contributed by atoms with Gasteiger partial charge in [0, 0.05) is 11.1 Å². The standard InChI is InChI=1S/C24H19FN4O4/c1-13-10-11-15(12-19(13)25)29-23(31)21(14(2)28-29)26-27-22-17(7-5-8-18(22)24(32)33)16-6-3-4-9-20(16)30/h3-12,27,30H,1-2H3,(H,32,33)/b26-21-. The molecular formula is C24H19FN4O4. The number of hydrogen-bond acceptors (Lipinski definition) is 6. The van der Waals surface area contributed by atoms with Crippen molar-refractivity contribution in [3.05, 3.63) is 77.6 Å². The number of hydrazone groups is 2. The number of benzene rings is 3. The van der Waals surface area contributed by atoms with E-state index in [-0.39, 0.29) is 34.1 Å². The Morgan fingerprint density at radius 1 is 1.06 bits per heavy atom. The van der Waals surface area contributed by atoms with Gasteiger partial charge in [0.25, 0.3) is 0 Å². The number of anilines is 2. The van der Waals surface area contributed by atoms with Crippen LogP contribution in [0, 0.1) is 12.7 Å². The minimum absolute atomic E-state index is 0.0435. The number of carbonyl (C=O) groups excluding carboxylic acids is 1. The van der Waals surface area contributed by atoms with Gasteiger partial charge in [-0.05, 0) is 43.7 Å². The molecule has 3 N–H and O–H groups in total. The number of nitrogens with zero attached hydrogens (tertiary/aromatic N) is 3. The fraction of sp³-hybridized carbons (Fsp3) is 0.0833. The van der Waals surface area contributed by atoms with Gasteiger partial charge in [0.1, 0.15) is 11.6 Å². The van der Waals surface area contributed by atoms with Gasteiger partial charge in [0.2, 0.25) is 0 Å². The van der Waals surface area contributed by atoms with Crippen LogP contribution in [0.25, 0.3) is 11.1 Å². The molecule has 4 rings (SSSR count). The number of aromatic carboxylic acids is 1. The van der Waals surface area contributed by atoms with Crippen molar-refractivity contribution in [2.75, 3.05) is 10.4 Å². The van der Waals surface area contributed by atoms with Gasteiger partial charge in [-0.25, -0.2) is 9.18 Å². The molecule has 1 aliphatic rings. The fourth-order valence-corrected chi connectivity index (χ4v) is 3.40. The van der Waals surface area contributed by atoms with E-state index in [0.29, 0.717) is 16.7 Å². The van der Waals surface area contributed by atoms with Crippen molar-refractivity contribution in [3.8, 4) is 16.9 Å². The minimum Gasteiger partial charge on any atom is -0.507 e. The Hall–Kier alpha value is -4.53. The van der Waals surface area contributed by atoms with Gasteiger partial charge in [0.05, 0.1) is 22.6 Å². The monoisotopic (exact) mass is 446 g/mol. The number of nitrogens with one attached hydrogen (secondary N) is 1. The van der Waals surface area contributed by atoms with Crippen LogP contribution in [0.15, 0.2) is 70.9 Å². The first kappa shape index (κ1) is 21.7. The number of carboxylic acid groups (broad SMARTS) is 1. The highest BCUT2D eigenvalue weighted by Crippen LogP contribution is 2.36. The smallest absolute Gasteiger partial charge is 0.337 e. The maximum absolute atomic E-state index is 14.0. The summed E-state index contributed by atoms with van der Waals surface area (Å²) in [6.07, 6.45) is 0. The van der Waals surface area contributed by atoms with Crippen LogP contribution in [0.1, 0.15) is 22.8 Å². The first-order chi connectivity index (χ1) is 15.8. The molecule has 3 aromatic rings. The zero-order valence-electron chi connectivity index (χ0n) is 17.7. The average molecular weight is 446 g/mol. The molecule has 1 amide bonds. The molecule has 0 atom stereocenters. The summed E-state index contributed by atoms with van der Waals surface area (Å²) in [5.74, 6) is -2.33. The van der Waals surface area contributed by atoms with Crippen molar-refractivity contribution in [3.63, 3.8) is 0 Å². The van der Waals surface area contributed by atoms with E-state index in [2.05, 4.69) is 15.6 Å². The molecule has 0 fully saturated rings. The molecule has 0 saturated carbocycles. The van der Waals surface area contributed by atoms with E-state index >= 15 is 0 Å². The van der Waals surface area contributed by atoms with Crippen LogP contribution in [0.5, 0.6) is 5.75 Å². The van der Waals surface area contributed by atoms with Gasteiger partial charge < -0.3 is 10.2 Å². The maximum atomic E-state index is 14.0. The van der Waals surface area contributed by atoms with Gasteiger partial charge in [-0.1, -0.05) is 36.4 Å². The molecular weight excluding hydrogens is 427 g/mol. The lowest BCUT2D eigenvalue weighted by atomic mass is 9.99. The second-order valence-corrected chi connectivity index (χ2v) is 7.36.